The molecule has 0 unspecified atom stereocenters. The molecule has 0 aliphatic rings. The Hall–Kier alpha value is -1.10. The fourth-order valence-electron chi connectivity index (χ4n) is 1.10. The second-order valence-corrected chi connectivity index (χ2v) is 2.90. The number of hydrogen-bond donors (Lipinski definition) is 4. The summed E-state index contributed by atoms with van der Waals surface area (Å²) in [5.74, 6) is -1.92. The van der Waals surface area contributed by atoms with Gasteiger partial charge in [-0.05, 0) is 19.2 Å². The van der Waals surface area contributed by atoms with Crippen molar-refractivity contribution in [2.24, 2.45) is 0 Å². The Balaban J connectivity index is 2.93. The van der Waals surface area contributed by atoms with Crippen LogP contribution >= 0.6 is 0 Å². The van der Waals surface area contributed by atoms with Gasteiger partial charge in [-0.3, -0.25) is 0 Å². The summed E-state index contributed by atoms with van der Waals surface area (Å²) < 4.78 is 0. The van der Waals surface area contributed by atoms with Crippen molar-refractivity contribution in [3.05, 3.63) is 29.8 Å². The Bertz CT molecular complexity index is 286. The first-order valence-electron chi connectivity index (χ1n) is 3.95. The van der Waals surface area contributed by atoms with E-state index in [1.807, 2.05) is 0 Å². The molecular weight excluding hydrogens is 170 g/mol. The first kappa shape index (κ1) is 9.98. The number of rotatable bonds is 3. The minimum Gasteiger partial charge on any atom is -0.508 e. The summed E-state index contributed by atoms with van der Waals surface area (Å²) in [6.45, 7) is 0.0104. The fourth-order valence-corrected chi connectivity index (χ4v) is 1.10. The van der Waals surface area contributed by atoms with E-state index in [0.29, 0.717) is 0 Å². The van der Waals surface area contributed by atoms with Crippen LogP contribution in [-0.4, -0.2) is 28.9 Å². The van der Waals surface area contributed by atoms with Gasteiger partial charge in [0.25, 0.3) is 0 Å². The molecular formula is C9H13NO3. The van der Waals surface area contributed by atoms with Crippen molar-refractivity contribution in [1.29, 1.82) is 0 Å². The van der Waals surface area contributed by atoms with Crippen molar-refractivity contribution < 1.29 is 15.3 Å². The molecule has 72 valence electrons. The molecule has 4 N–H and O–H groups in total. The molecule has 13 heavy (non-hydrogen) atoms. The topological polar surface area (TPSA) is 72.7 Å². The average molecular weight is 183 g/mol. The molecule has 0 heterocycles. The van der Waals surface area contributed by atoms with E-state index in [1.165, 1.54) is 18.2 Å². The Morgan fingerprint density at radius 3 is 2.62 bits per heavy atom. The third-order valence-electron chi connectivity index (χ3n) is 1.73. The molecule has 0 saturated carbocycles. The maximum atomic E-state index is 9.49. The Labute approximate surface area is 76.5 Å². The molecule has 1 aromatic carbocycles. The van der Waals surface area contributed by atoms with Crippen LogP contribution in [0.5, 0.6) is 5.75 Å². The zero-order valence-corrected chi connectivity index (χ0v) is 7.36. The van der Waals surface area contributed by atoms with Gasteiger partial charge in [-0.15, -0.1) is 0 Å². The van der Waals surface area contributed by atoms with Crippen LogP contribution in [0, 0.1) is 0 Å². The van der Waals surface area contributed by atoms with E-state index in [4.69, 9.17) is 5.11 Å². The van der Waals surface area contributed by atoms with Crippen molar-refractivity contribution in [2.75, 3.05) is 13.6 Å². The maximum absolute atomic E-state index is 9.49. The van der Waals surface area contributed by atoms with Crippen LogP contribution in [0.3, 0.4) is 0 Å². The van der Waals surface area contributed by atoms with Gasteiger partial charge in [-0.25, -0.2) is 0 Å². The van der Waals surface area contributed by atoms with Gasteiger partial charge in [0.15, 0.2) is 0 Å². The monoisotopic (exact) mass is 183 g/mol. The number of phenolic OH excluding ortho intramolecular Hbond substituents is 1. The first-order valence-corrected chi connectivity index (χ1v) is 3.95. The van der Waals surface area contributed by atoms with Crippen molar-refractivity contribution in [3.8, 4) is 5.75 Å². The molecule has 0 aromatic heterocycles. The highest BCUT2D eigenvalue weighted by Crippen LogP contribution is 2.20. The summed E-state index contributed by atoms with van der Waals surface area (Å²) in [4.78, 5) is 0. The van der Waals surface area contributed by atoms with Gasteiger partial charge in [-0.1, -0.05) is 12.1 Å². The standard InChI is InChI=1S/C9H13NO3/c1-10-6-9(12,13)7-3-2-4-8(11)5-7/h2-5,10-13H,6H2,1H3. The molecule has 0 amide bonds. The largest absolute Gasteiger partial charge is 0.508 e. The highest BCUT2D eigenvalue weighted by atomic mass is 16.5. The van der Waals surface area contributed by atoms with E-state index in [-0.39, 0.29) is 17.9 Å². The van der Waals surface area contributed by atoms with E-state index in [1.54, 1.807) is 13.1 Å². The van der Waals surface area contributed by atoms with Crippen LogP contribution < -0.4 is 5.32 Å². The van der Waals surface area contributed by atoms with Crippen LogP contribution in [0.1, 0.15) is 5.56 Å². The Morgan fingerprint density at radius 1 is 1.38 bits per heavy atom. The van der Waals surface area contributed by atoms with Crippen LogP contribution in [0.4, 0.5) is 0 Å². The molecule has 0 fully saturated rings. The van der Waals surface area contributed by atoms with Crippen molar-refractivity contribution >= 4 is 0 Å². The lowest BCUT2D eigenvalue weighted by Crippen LogP contribution is -2.36. The summed E-state index contributed by atoms with van der Waals surface area (Å²) in [5, 5.41) is 30.7. The SMILES string of the molecule is CNCC(O)(O)c1cccc(O)c1. The molecule has 0 aliphatic carbocycles. The van der Waals surface area contributed by atoms with Crippen LogP contribution in [-0.2, 0) is 5.79 Å². The Morgan fingerprint density at radius 2 is 2.08 bits per heavy atom. The molecule has 0 atom stereocenters. The second-order valence-electron chi connectivity index (χ2n) is 2.90. The minimum atomic E-state index is -1.94. The van der Waals surface area contributed by atoms with Crippen molar-refractivity contribution in [2.45, 2.75) is 5.79 Å². The predicted octanol–water partition coefficient (Wildman–Crippen LogP) is -0.251. The average Bonchev–Trinajstić information content (AvgIpc) is 2.04. The number of aromatic hydroxyl groups is 1. The zero-order chi connectivity index (χ0) is 9.90. The second kappa shape index (κ2) is 3.74. The van der Waals surface area contributed by atoms with Gasteiger partial charge in [0.1, 0.15) is 5.75 Å². The normalized spacial score (nSPS) is 11.6. The minimum absolute atomic E-state index is 0.0104. The number of likely N-dealkylation sites (N-methyl/N-ethyl adjacent to an activating group) is 1. The van der Waals surface area contributed by atoms with Crippen LogP contribution in [0.2, 0.25) is 0 Å². The maximum Gasteiger partial charge on any atom is 0.202 e. The van der Waals surface area contributed by atoms with Gasteiger partial charge < -0.3 is 20.6 Å². The summed E-state index contributed by atoms with van der Waals surface area (Å²) in [7, 11) is 1.62. The summed E-state index contributed by atoms with van der Waals surface area (Å²) >= 11 is 0. The summed E-state index contributed by atoms with van der Waals surface area (Å²) in [6, 6.07) is 5.88. The molecule has 4 heteroatoms. The van der Waals surface area contributed by atoms with Gasteiger partial charge in [0.2, 0.25) is 5.79 Å². The Kier molecular flexibility index (Phi) is 2.87. The van der Waals surface area contributed by atoms with E-state index in [2.05, 4.69) is 5.32 Å². The number of phenols is 1. The van der Waals surface area contributed by atoms with Gasteiger partial charge in [0.05, 0.1) is 6.54 Å². The highest BCUT2D eigenvalue weighted by Gasteiger charge is 2.24. The lowest BCUT2D eigenvalue weighted by Gasteiger charge is -2.21. The summed E-state index contributed by atoms with van der Waals surface area (Å²) in [5.41, 5.74) is 0.266. The number of benzene rings is 1. The predicted molar refractivity (Wildman–Crippen MR) is 48.1 cm³/mol. The van der Waals surface area contributed by atoms with Gasteiger partial charge in [0, 0.05) is 5.56 Å². The molecule has 4 nitrogen and oxygen atoms in total. The zero-order valence-electron chi connectivity index (χ0n) is 7.36. The molecule has 0 bridgehead atoms. The highest BCUT2D eigenvalue weighted by molar-refractivity contribution is 5.30. The van der Waals surface area contributed by atoms with Crippen LogP contribution in [0.25, 0.3) is 0 Å². The molecule has 1 rings (SSSR count). The molecule has 0 aliphatic heterocycles. The molecule has 0 spiro atoms. The van der Waals surface area contributed by atoms with Crippen molar-refractivity contribution in [1.82, 2.24) is 5.32 Å². The molecule has 0 radical (unpaired) electrons. The summed E-state index contributed by atoms with van der Waals surface area (Å²) in [6.07, 6.45) is 0. The van der Waals surface area contributed by atoms with E-state index in [0.717, 1.165) is 0 Å². The third-order valence-corrected chi connectivity index (χ3v) is 1.73. The van der Waals surface area contributed by atoms with Gasteiger partial charge in [-0.2, -0.15) is 0 Å². The molecule has 1 aromatic rings. The van der Waals surface area contributed by atoms with E-state index >= 15 is 0 Å². The number of nitrogens with one attached hydrogen (secondary N) is 1. The smallest absolute Gasteiger partial charge is 0.202 e. The van der Waals surface area contributed by atoms with Crippen molar-refractivity contribution in [3.63, 3.8) is 0 Å². The first-order chi connectivity index (χ1) is 6.06. The van der Waals surface area contributed by atoms with Gasteiger partial charge >= 0.3 is 0 Å². The third kappa shape index (κ3) is 2.42. The van der Waals surface area contributed by atoms with Crippen LogP contribution in [0.15, 0.2) is 24.3 Å². The fraction of sp³-hybridized carbons (Fsp3) is 0.333. The van der Waals surface area contributed by atoms with E-state index < -0.39 is 5.79 Å². The quantitative estimate of drug-likeness (QED) is 0.487. The molecule has 0 saturated heterocycles. The number of hydrogen-bond acceptors (Lipinski definition) is 4. The lowest BCUT2D eigenvalue weighted by molar-refractivity contribution is -0.164. The number of aliphatic hydroxyl groups is 2. The van der Waals surface area contributed by atoms with E-state index in [9.17, 15) is 10.2 Å². The lowest BCUT2D eigenvalue weighted by atomic mass is 10.1.